The lowest BCUT2D eigenvalue weighted by Crippen LogP contribution is -2.04. The third-order valence-corrected chi connectivity index (χ3v) is 2.47. The minimum atomic E-state index is 0.608. The molecule has 0 unspecified atom stereocenters. The summed E-state index contributed by atoms with van der Waals surface area (Å²) in [7, 11) is 1.60. The number of hydrogen-bond donors (Lipinski definition) is 1. The Balaban J connectivity index is 2.55. The van der Waals surface area contributed by atoms with Crippen LogP contribution in [-0.2, 0) is 6.54 Å². The summed E-state index contributed by atoms with van der Waals surface area (Å²) in [6.07, 6.45) is 0.951. The summed E-state index contributed by atoms with van der Waals surface area (Å²) in [4.78, 5) is 0. The quantitative estimate of drug-likeness (QED) is 0.806. The fourth-order valence-electron chi connectivity index (χ4n) is 1.70. The monoisotopic (exact) mass is 233 g/mol. The molecule has 6 heteroatoms. The van der Waals surface area contributed by atoms with Gasteiger partial charge in [-0.15, -0.1) is 5.10 Å². The van der Waals surface area contributed by atoms with E-state index < -0.39 is 0 Å². The summed E-state index contributed by atoms with van der Waals surface area (Å²) < 4.78 is 7.02. The van der Waals surface area contributed by atoms with Crippen LogP contribution in [0.2, 0.25) is 0 Å². The van der Waals surface area contributed by atoms with Crippen LogP contribution in [0.1, 0.15) is 13.3 Å². The molecule has 0 fully saturated rings. The zero-order chi connectivity index (χ0) is 12.3. The largest absolute Gasteiger partial charge is 0.496 e. The highest BCUT2D eigenvalue weighted by atomic mass is 16.5. The molecule has 0 amide bonds. The zero-order valence-electron chi connectivity index (χ0n) is 9.92. The first-order valence-electron chi connectivity index (χ1n) is 5.47. The first kappa shape index (κ1) is 11.4. The van der Waals surface area contributed by atoms with Crippen molar-refractivity contribution in [1.82, 2.24) is 20.2 Å². The Kier molecular flexibility index (Phi) is 3.22. The Labute approximate surface area is 99.4 Å². The number of anilines is 1. The number of hydrogen-bond acceptors (Lipinski definition) is 5. The second-order valence-electron chi connectivity index (χ2n) is 3.65. The molecule has 0 spiro atoms. The van der Waals surface area contributed by atoms with Crippen molar-refractivity contribution in [1.29, 1.82) is 0 Å². The Morgan fingerprint density at radius 3 is 2.94 bits per heavy atom. The number of aromatic nitrogens is 4. The smallest absolute Gasteiger partial charge is 0.187 e. The van der Waals surface area contributed by atoms with Crippen molar-refractivity contribution in [3.63, 3.8) is 0 Å². The predicted octanol–water partition coefficient (Wildman–Crippen LogP) is 1.34. The molecule has 2 N–H and O–H groups in total. The Hall–Kier alpha value is -2.11. The fourth-order valence-corrected chi connectivity index (χ4v) is 1.70. The zero-order valence-corrected chi connectivity index (χ0v) is 9.92. The van der Waals surface area contributed by atoms with Crippen LogP contribution in [0.15, 0.2) is 18.2 Å². The van der Waals surface area contributed by atoms with Crippen molar-refractivity contribution in [2.24, 2.45) is 0 Å². The summed E-state index contributed by atoms with van der Waals surface area (Å²) in [5.74, 6) is 1.32. The van der Waals surface area contributed by atoms with Crippen molar-refractivity contribution < 1.29 is 4.74 Å². The molecular formula is C11H15N5O. The maximum atomic E-state index is 5.96. The van der Waals surface area contributed by atoms with Gasteiger partial charge in [0, 0.05) is 12.2 Å². The number of nitrogens with two attached hydrogens (primary N) is 1. The number of benzene rings is 1. The normalized spacial score (nSPS) is 10.5. The molecule has 1 aromatic carbocycles. The van der Waals surface area contributed by atoms with E-state index in [2.05, 4.69) is 22.4 Å². The Morgan fingerprint density at radius 1 is 1.41 bits per heavy atom. The number of nitrogens with zero attached hydrogens (tertiary/aromatic N) is 4. The topological polar surface area (TPSA) is 78.9 Å². The molecule has 0 saturated heterocycles. The van der Waals surface area contributed by atoms with Gasteiger partial charge in [-0.1, -0.05) is 13.0 Å². The third-order valence-electron chi connectivity index (χ3n) is 2.47. The van der Waals surface area contributed by atoms with E-state index in [4.69, 9.17) is 10.5 Å². The molecule has 2 rings (SSSR count). The van der Waals surface area contributed by atoms with Crippen LogP contribution in [0.3, 0.4) is 0 Å². The van der Waals surface area contributed by atoms with Crippen molar-refractivity contribution >= 4 is 5.69 Å². The van der Waals surface area contributed by atoms with E-state index in [9.17, 15) is 0 Å². The van der Waals surface area contributed by atoms with Gasteiger partial charge >= 0.3 is 0 Å². The molecule has 6 nitrogen and oxygen atoms in total. The lowest BCUT2D eigenvalue weighted by Gasteiger charge is -2.10. The van der Waals surface area contributed by atoms with Crippen molar-refractivity contribution in [2.75, 3.05) is 12.8 Å². The van der Waals surface area contributed by atoms with E-state index in [1.807, 2.05) is 18.2 Å². The maximum Gasteiger partial charge on any atom is 0.187 e. The van der Waals surface area contributed by atoms with Crippen LogP contribution in [0.25, 0.3) is 11.4 Å². The standard InChI is InChI=1S/C11H15N5O/c1-3-7-16-11(13-14-15-16)10-8(12)5-4-6-9(10)17-2/h4-6H,3,7,12H2,1-2H3. The number of nitrogen functional groups attached to an aromatic ring is 1. The fraction of sp³-hybridized carbons (Fsp3) is 0.364. The number of methoxy groups -OCH3 is 1. The summed E-state index contributed by atoms with van der Waals surface area (Å²) in [6.45, 7) is 2.82. The van der Waals surface area contributed by atoms with Crippen LogP contribution in [-0.4, -0.2) is 27.3 Å². The highest BCUT2D eigenvalue weighted by Gasteiger charge is 2.16. The van der Waals surface area contributed by atoms with Gasteiger partial charge in [0.2, 0.25) is 0 Å². The van der Waals surface area contributed by atoms with Crippen LogP contribution >= 0.6 is 0 Å². The van der Waals surface area contributed by atoms with Gasteiger partial charge in [0.05, 0.1) is 12.7 Å². The van der Waals surface area contributed by atoms with E-state index in [0.717, 1.165) is 18.5 Å². The molecule has 17 heavy (non-hydrogen) atoms. The number of ether oxygens (including phenoxy) is 1. The molecule has 2 aromatic rings. The first-order valence-corrected chi connectivity index (χ1v) is 5.47. The van der Waals surface area contributed by atoms with Gasteiger partial charge in [0.25, 0.3) is 0 Å². The van der Waals surface area contributed by atoms with Gasteiger partial charge in [-0.3, -0.25) is 0 Å². The molecule has 1 aromatic heterocycles. The van der Waals surface area contributed by atoms with E-state index >= 15 is 0 Å². The van der Waals surface area contributed by atoms with Gasteiger partial charge in [-0.25, -0.2) is 4.68 Å². The second kappa shape index (κ2) is 4.82. The average Bonchev–Trinajstić information content (AvgIpc) is 2.77. The lowest BCUT2D eigenvalue weighted by molar-refractivity contribution is 0.416. The Morgan fingerprint density at radius 2 is 2.24 bits per heavy atom. The highest BCUT2D eigenvalue weighted by Crippen LogP contribution is 2.33. The first-order chi connectivity index (χ1) is 8.27. The predicted molar refractivity (Wildman–Crippen MR) is 64.5 cm³/mol. The maximum absolute atomic E-state index is 5.96. The van der Waals surface area contributed by atoms with E-state index in [1.54, 1.807) is 11.8 Å². The van der Waals surface area contributed by atoms with Crippen molar-refractivity contribution in [2.45, 2.75) is 19.9 Å². The average molecular weight is 233 g/mol. The molecule has 0 atom stereocenters. The van der Waals surface area contributed by atoms with Crippen molar-refractivity contribution in [3.05, 3.63) is 18.2 Å². The van der Waals surface area contributed by atoms with Crippen LogP contribution in [0.5, 0.6) is 5.75 Å². The van der Waals surface area contributed by atoms with Gasteiger partial charge in [-0.05, 0) is 29.0 Å². The minimum Gasteiger partial charge on any atom is -0.496 e. The number of aryl methyl sites for hydroxylation is 1. The second-order valence-corrected chi connectivity index (χ2v) is 3.65. The molecule has 0 bridgehead atoms. The minimum absolute atomic E-state index is 0.608. The van der Waals surface area contributed by atoms with Crippen molar-refractivity contribution in [3.8, 4) is 17.1 Å². The molecule has 0 aliphatic heterocycles. The van der Waals surface area contributed by atoms with E-state index in [1.165, 1.54) is 0 Å². The highest BCUT2D eigenvalue weighted by molar-refractivity contribution is 5.77. The van der Waals surface area contributed by atoms with Crippen LogP contribution < -0.4 is 10.5 Å². The summed E-state index contributed by atoms with van der Waals surface area (Å²) >= 11 is 0. The molecule has 0 radical (unpaired) electrons. The van der Waals surface area contributed by atoms with Crippen LogP contribution in [0.4, 0.5) is 5.69 Å². The van der Waals surface area contributed by atoms with Crippen LogP contribution in [0, 0.1) is 0 Å². The molecule has 0 saturated carbocycles. The Bertz CT molecular complexity index is 508. The summed E-state index contributed by atoms with van der Waals surface area (Å²) in [5.41, 5.74) is 7.32. The molecule has 0 aliphatic carbocycles. The van der Waals surface area contributed by atoms with Gasteiger partial charge in [0.1, 0.15) is 5.75 Å². The lowest BCUT2D eigenvalue weighted by atomic mass is 10.1. The summed E-state index contributed by atoms with van der Waals surface area (Å²) in [6, 6.07) is 5.49. The molecular weight excluding hydrogens is 218 g/mol. The summed E-state index contributed by atoms with van der Waals surface area (Å²) in [5, 5.41) is 11.6. The SMILES string of the molecule is CCCn1nnnc1-c1c(N)cccc1OC. The third kappa shape index (κ3) is 2.06. The molecule has 0 aliphatic rings. The molecule has 1 heterocycles. The van der Waals surface area contributed by atoms with E-state index in [0.29, 0.717) is 17.3 Å². The molecule has 90 valence electrons. The van der Waals surface area contributed by atoms with Gasteiger partial charge in [0.15, 0.2) is 5.82 Å². The van der Waals surface area contributed by atoms with Gasteiger partial charge < -0.3 is 10.5 Å². The number of tetrazole rings is 1. The van der Waals surface area contributed by atoms with Gasteiger partial charge in [-0.2, -0.15) is 0 Å². The number of rotatable bonds is 4. The van der Waals surface area contributed by atoms with E-state index in [-0.39, 0.29) is 0 Å².